The Morgan fingerprint density at radius 3 is 2.62 bits per heavy atom. The molecule has 21 heavy (non-hydrogen) atoms. The fourth-order valence-electron chi connectivity index (χ4n) is 2.37. The zero-order valence-corrected chi connectivity index (χ0v) is 12.4. The number of nitrogens with one attached hydrogen (secondary N) is 1. The van der Waals surface area contributed by atoms with Crippen LogP contribution in [0.2, 0.25) is 0 Å². The van der Waals surface area contributed by atoms with Crippen LogP contribution < -0.4 is 14.8 Å². The predicted octanol–water partition coefficient (Wildman–Crippen LogP) is 4.25. The van der Waals surface area contributed by atoms with Crippen molar-refractivity contribution >= 4 is 5.69 Å². The molecule has 0 spiro atoms. The molecule has 0 fully saturated rings. The van der Waals surface area contributed by atoms with Gasteiger partial charge in [0.15, 0.2) is 11.5 Å². The fourth-order valence-corrected chi connectivity index (χ4v) is 2.37. The number of ether oxygens (including phenoxy) is 2. The van der Waals surface area contributed by atoms with Gasteiger partial charge in [-0.15, -0.1) is 0 Å². The van der Waals surface area contributed by atoms with Gasteiger partial charge in [0.1, 0.15) is 5.82 Å². The first-order valence-corrected chi connectivity index (χ1v) is 6.94. The highest BCUT2D eigenvalue weighted by Gasteiger charge is 2.31. The largest absolute Gasteiger partial charge is 0.449 e. The number of halogens is 1. The number of anilines is 1. The maximum Gasteiger partial charge on any atom is 0.246 e. The Hall–Kier alpha value is -2.23. The second-order valence-electron chi connectivity index (χ2n) is 5.71. The highest BCUT2D eigenvalue weighted by Crippen LogP contribution is 2.40. The summed E-state index contributed by atoms with van der Waals surface area (Å²) in [6, 6.07) is 10.7. The molecule has 0 unspecified atom stereocenters. The monoisotopic (exact) mass is 287 g/mol. The van der Waals surface area contributed by atoms with E-state index in [-0.39, 0.29) is 5.82 Å². The van der Waals surface area contributed by atoms with Gasteiger partial charge in [-0.2, -0.15) is 0 Å². The average molecular weight is 287 g/mol. The molecule has 110 valence electrons. The SMILES string of the molecule is Cc1ccc(F)c(CNc2ccc3c(c2)OC(C)(C)O3)c1. The standard InChI is InChI=1S/C17H18FNO2/c1-11-4-6-14(18)12(8-11)10-19-13-5-7-15-16(9-13)21-17(2,3)20-15/h4-9,19H,10H2,1-3H3. The van der Waals surface area contributed by atoms with Crippen LogP contribution >= 0.6 is 0 Å². The smallest absolute Gasteiger partial charge is 0.246 e. The van der Waals surface area contributed by atoms with Gasteiger partial charge in [-0.05, 0) is 25.1 Å². The highest BCUT2D eigenvalue weighted by atomic mass is 19.1. The number of benzene rings is 2. The van der Waals surface area contributed by atoms with Crippen LogP contribution in [-0.2, 0) is 6.54 Å². The molecule has 1 aliphatic heterocycles. The molecule has 0 bridgehead atoms. The van der Waals surface area contributed by atoms with E-state index < -0.39 is 5.79 Å². The van der Waals surface area contributed by atoms with Gasteiger partial charge in [0.05, 0.1) is 0 Å². The highest BCUT2D eigenvalue weighted by molar-refractivity contribution is 5.56. The lowest BCUT2D eigenvalue weighted by molar-refractivity contribution is -0.0431. The molecule has 0 saturated heterocycles. The van der Waals surface area contributed by atoms with Crippen LogP contribution in [0.4, 0.5) is 10.1 Å². The lowest BCUT2D eigenvalue weighted by Gasteiger charge is -2.16. The van der Waals surface area contributed by atoms with Gasteiger partial charge in [-0.3, -0.25) is 0 Å². The van der Waals surface area contributed by atoms with Crippen LogP contribution in [0.3, 0.4) is 0 Å². The average Bonchev–Trinajstić information content (AvgIpc) is 2.72. The van der Waals surface area contributed by atoms with E-state index in [4.69, 9.17) is 9.47 Å². The van der Waals surface area contributed by atoms with Crippen LogP contribution in [0.25, 0.3) is 0 Å². The molecule has 0 aromatic heterocycles. The molecule has 0 aliphatic carbocycles. The summed E-state index contributed by atoms with van der Waals surface area (Å²) in [6.07, 6.45) is 0. The minimum Gasteiger partial charge on any atom is -0.449 e. The van der Waals surface area contributed by atoms with Crippen LogP contribution in [0.1, 0.15) is 25.0 Å². The van der Waals surface area contributed by atoms with Crippen molar-refractivity contribution in [3.63, 3.8) is 0 Å². The molecule has 0 amide bonds. The molecule has 0 saturated carbocycles. The summed E-state index contributed by atoms with van der Waals surface area (Å²) in [4.78, 5) is 0. The van der Waals surface area contributed by atoms with E-state index in [1.165, 1.54) is 6.07 Å². The zero-order valence-electron chi connectivity index (χ0n) is 12.4. The van der Waals surface area contributed by atoms with Crippen LogP contribution in [0.15, 0.2) is 36.4 Å². The van der Waals surface area contributed by atoms with Gasteiger partial charge in [0.2, 0.25) is 5.79 Å². The number of hydrogen-bond donors (Lipinski definition) is 1. The van der Waals surface area contributed by atoms with E-state index in [0.717, 1.165) is 17.0 Å². The summed E-state index contributed by atoms with van der Waals surface area (Å²) in [7, 11) is 0. The Morgan fingerprint density at radius 1 is 1.05 bits per heavy atom. The maximum atomic E-state index is 13.7. The number of hydrogen-bond acceptors (Lipinski definition) is 3. The third kappa shape index (κ3) is 2.94. The van der Waals surface area contributed by atoms with Crippen molar-refractivity contribution in [2.75, 3.05) is 5.32 Å². The second kappa shape index (κ2) is 4.95. The Balaban J connectivity index is 1.74. The molecule has 2 aromatic carbocycles. The number of rotatable bonds is 3. The Bertz CT molecular complexity index is 682. The van der Waals surface area contributed by atoms with E-state index in [9.17, 15) is 4.39 Å². The van der Waals surface area contributed by atoms with E-state index in [2.05, 4.69) is 5.32 Å². The molecule has 4 heteroatoms. The number of aryl methyl sites for hydroxylation is 1. The molecule has 1 N–H and O–H groups in total. The Kier molecular flexibility index (Phi) is 3.24. The topological polar surface area (TPSA) is 30.5 Å². The molecule has 0 atom stereocenters. The molecule has 3 nitrogen and oxygen atoms in total. The summed E-state index contributed by atoms with van der Waals surface area (Å²) in [5.41, 5.74) is 2.56. The molecular formula is C17H18FNO2. The summed E-state index contributed by atoms with van der Waals surface area (Å²) < 4.78 is 25.0. The predicted molar refractivity (Wildman–Crippen MR) is 80.2 cm³/mol. The minimum atomic E-state index is -0.635. The Morgan fingerprint density at radius 2 is 1.81 bits per heavy atom. The Labute approximate surface area is 123 Å². The molecule has 3 rings (SSSR count). The molecule has 1 heterocycles. The maximum absolute atomic E-state index is 13.7. The lowest BCUT2D eigenvalue weighted by Crippen LogP contribution is -2.29. The normalized spacial score (nSPS) is 15.0. The van der Waals surface area contributed by atoms with Crippen molar-refractivity contribution in [2.24, 2.45) is 0 Å². The quantitative estimate of drug-likeness (QED) is 0.915. The number of fused-ring (bicyclic) bond motifs is 1. The second-order valence-corrected chi connectivity index (χ2v) is 5.71. The van der Waals surface area contributed by atoms with E-state index in [0.29, 0.717) is 17.9 Å². The zero-order chi connectivity index (χ0) is 15.0. The third-order valence-electron chi connectivity index (χ3n) is 3.34. The van der Waals surface area contributed by atoms with Crippen molar-refractivity contribution in [1.29, 1.82) is 0 Å². The summed E-state index contributed by atoms with van der Waals surface area (Å²) in [5.74, 6) is 0.598. The first kappa shape index (κ1) is 13.7. The van der Waals surface area contributed by atoms with Crippen LogP contribution in [-0.4, -0.2) is 5.79 Å². The van der Waals surface area contributed by atoms with Crippen molar-refractivity contribution in [1.82, 2.24) is 0 Å². The van der Waals surface area contributed by atoms with E-state index >= 15 is 0 Å². The summed E-state index contributed by atoms with van der Waals surface area (Å²) in [6.45, 7) is 6.10. The van der Waals surface area contributed by atoms with Crippen LogP contribution in [0, 0.1) is 12.7 Å². The first-order chi connectivity index (χ1) is 9.93. The van der Waals surface area contributed by atoms with Crippen molar-refractivity contribution in [2.45, 2.75) is 33.1 Å². The van der Waals surface area contributed by atoms with Gasteiger partial charge in [-0.25, -0.2) is 4.39 Å². The van der Waals surface area contributed by atoms with Crippen molar-refractivity contribution < 1.29 is 13.9 Å². The van der Waals surface area contributed by atoms with Gasteiger partial charge in [0, 0.05) is 37.7 Å². The van der Waals surface area contributed by atoms with Crippen molar-refractivity contribution in [3.05, 3.63) is 53.3 Å². The van der Waals surface area contributed by atoms with Gasteiger partial charge < -0.3 is 14.8 Å². The minimum absolute atomic E-state index is 0.199. The molecule has 2 aromatic rings. The first-order valence-electron chi connectivity index (χ1n) is 6.94. The summed E-state index contributed by atoms with van der Waals surface area (Å²) in [5, 5.41) is 3.21. The summed E-state index contributed by atoms with van der Waals surface area (Å²) >= 11 is 0. The van der Waals surface area contributed by atoms with E-state index in [1.54, 1.807) is 6.07 Å². The van der Waals surface area contributed by atoms with Gasteiger partial charge in [0.25, 0.3) is 0 Å². The molecular weight excluding hydrogens is 269 g/mol. The lowest BCUT2D eigenvalue weighted by atomic mass is 10.1. The molecule has 0 radical (unpaired) electrons. The van der Waals surface area contributed by atoms with E-state index in [1.807, 2.05) is 45.0 Å². The van der Waals surface area contributed by atoms with Gasteiger partial charge in [-0.1, -0.05) is 17.7 Å². The van der Waals surface area contributed by atoms with Crippen LogP contribution in [0.5, 0.6) is 11.5 Å². The van der Waals surface area contributed by atoms with Crippen molar-refractivity contribution in [3.8, 4) is 11.5 Å². The van der Waals surface area contributed by atoms with Gasteiger partial charge >= 0.3 is 0 Å². The molecule has 1 aliphatic rings. The third-order valence-corrected chi connectivity index (χ3v) is 3.34. The fraction of sp³-hybridized carbons (Fsp3) is 0.294.